The molecule has 0 aliphatic heterocycles. The van der Waals surface area contributed by atoms with Gasteiger partial charge in [-0.25, -0.2) is 23.3 Å². The molecule has 4 aromatic rings. The van der Waals surface area contributed by atoms with Crippen molar-refractivity contribution >= 4 is 34.2 Å². The average molecular weight is 637 g/mol. The van der Waals surface area contributed by atoms with Gasteiger partial charge in [-0.2, -0.15) is 0 Å². The smallest absolute Gasteiger partial charge is 0.243 e. The van der Waals surface area contributed by atoms with Crippen molar-refractivity contribution in [3.05, 3.63) is 110 Å². The summed E-state index contributed by atoms with van der Waals surface area (Å²) in [4.78, 5) is 17.4. The molecule has 12 heteroatoms. The van der Waals surface area contributed by atoms with Crippen molar-refractivity contribution in [2.75, 3.05) is 29.0 Å². The number of nitrogens with two attached hydrogens (primary N) is 1. The normalized spacial score (nSPS) is 13.4. The molecule has 232 valence electrons. The molecular formula is C32H39Cl2N9O. The van der Waals surface area contributed by atoms with Crippen molar-refractivity contribution in [1.29, 1.82) is 0 Å². The summed E-state index contributed by atoms with van der Waals surface area (Å²) in [6.45, 7) is 3.66. The van der Waals surface area contributed by atoms with Gasteiger partial charge in [0.05, 0.1) is 50.0 Å². The van der Waals surface area contributed by atoms with Crippen molar-refractivity contribution in [3.63, 3.8) is 0 Å². The molecule has 2 aromatic heterocycles. The van der Waals surface area contributed by atoms with Gasteiger partial charge in [0.25, 0.3) is 0 Å². The molecule has 44 heavy (non-hydrogen) atoms. The molecule has 1 aliphatic carbocycles. The van der Waals surface area contributed by atoms with Gasteiger partial charge in [0.15, 0.2) is 0 Å². The zero-order valence-corrected chi connectivity index (χ0v) is 26.5. The van der Waals surface area contributed by atoms with E-state index in [9.17, 15) is 4.79 Å². The standard InChI is InChI=1S/C32H38N9O.2ClH/c1-38-17-19-40(23-38)15-3-13-34-25-5-9-27(10-6-25)36-30-22-31(32(42)21-29(30)33)37-28-11-7-26(8-12-28)35-14-4-16-41-20-18-39(2)24-41;;/h5-12,17-24H,3-4,13-16H2,1-2H3,(H4-,33,34,35,36,37,42);2*1H/q+1;;/p-1. The van der Waals surface area contributed by atoms with E-state index in [0.717, 1.165) is 61.8 Å². The van der Waals surface area contributed by atoms with Crippen LogP contribution in [-0.2, 0) is 32.0 Å². The second-order valence-electron chi connectivity index (χ2n) is 10.5. The Kier molecular flexibility index (Phi) is 12.6. The number of nitrogens with one attached hydrogen (secondary N) is 3. The number of nitrogens with zero attached hydrogens (tertiary/aromatic N) is 5. The third-order valence-corrected chi connectivity index (χ3v) is 6.90. The second-order valence-corrected chi connectivity index (χ2v) is 10.5. The summed E-state index contributed by atoms with van der Waals surface area (Å²) in [6, 6.07) is 15.8. The molecule has 0 radical (unpaired) electrons. The van der Waals surface area contributed by atoms with Crippen LogP contribution in [0.3, 0.4) is 0 Å². The number of aromatic nitrogens is 4. The second kappa shape index (κ2) is 16.3. The van der Waals surface area contributed by atoms with Gasteiger partial charge in [0.2, 0.25) is 18.4 Å². The van der Waals surface area contributed by atoms with Crippen LogP contribution < -0.4 is 55.6 Å². The number of allylic oxidation sites excluding steroid dienone is 2. The van der Waals surface area contributed by atoms with Gasteiger partial charge in [-0.15, -0.1) is 0 Å². The molecule has 0 saturated carbocycles. The quantitative estimate of drug-likeness (QED) is 0.0735. The maximum Gasteiger partial charge on any atom is 0.243 e. The molecule has 1 aliphatic rings. The fourth-order valence-corrected chi connectivity index (χ4v) is 4.66. The van der Waals surface area contributed by atoms with Gasteiger partial charge in [-0.1, -0.05) is 0 Å². The first-order valence-electron chi connectivity index (χ1n) is 14.2. The van der Waals surface area contributed by atoms with E-state index in [0.29, 0.717) is 17.1 Å². The molecule has 5 N–H and O–H groups in total. The number of ketones is 1. The Morgan fingerprint density at radius 3 is 1.75 bits per heavy atom. The van der Waals surface area contributed by atoms with Crippen molar-refractivity contribution < 1.29 is 38.7 Å². The van der Waals surface area contributed by atoms with E-state index in [1.54, 1.807) is 6.08 Å². The molecule has 0 spiro atoms. The highest BCUT2D eigenvalue weighted by molar-refractivity contribution is 6.23. The molecule has 0 unspecified atom stereocenters. The topological polar surface area (TPSA) is 109 Å². The molecule has 0 bridgehead atoms. The van der Waals surface area contributed by atoms with Crippen LogP contribution in [0.25, 0.3) is 0 Å². The number of halogens is 2. The fourth-order valence-electron chi connectivity index (χ4n) is 4.66. The minimum atomic E-state index is -0.180. The van der Waals surface area contributed by atoms with Crippen LogP contribution in [0.15, 0.2) is 115 Å². The Balaban J connectivity index is 0.00000264. The molecule has 0 atom stereocenters. The summed E-state index contributed by atoms with van der Waals surface area (Å²) < 4.78 is 8.42. The monoisotopic (exact) mass is 635 g/mol. The van der Waals surface area contributed by atoms with Crippen LogP contribution in [-0.4, -0.2) is 33.7 Å². The van der Waals surface area contributed by atoms with Crippen LogP contribution in [0.5, 0.6) is 0 Å². The summed E-state index contributed by atoms with van der Waals surface area (Å²) in [5.74, 6) is -0.180. The zero-order chi connectivity index (χ0) is 29.3. The number of hydrogen-bond acceptors (Lipinski definition) is 6. The van der Waals surface area contributed by atoms with Gasteiger partial charge in [-0.3, -0.25) is 4.79 Å². The Morgan fingerprint density at radius 2 is 1.25 bits per heavy atom. The van der Waals surface area contributed by atoms with E-state index in [2.05, 4.69) is 50.1 Å². The maximum atomic E-state index is 12.7. The van der Waals surface area contributed by atoms with E-state index < -0.39 is 0 Å². The Labute approximate surface area is 270 Å². The zero-order valence-electron chi connectivity index (χ0n) is 25.0. The number of benzene rings is 2. The van der Waals surface area contributed by atoms with E-state index >= 15 is 0 Å². The van der Waals surface area contributed by atoms with Gasteiger partial charge in [-0.05, 0) is 54.6 Å². The highest BCUT2D eigenvalue weighted by atomic mass is 35.5. The minimum absolute atomic E-state index is 0. The van der Waals surface area contributed by atoms with Crippen LogP contribution in [0.4, 0.5) is 22.7 Å². The summed E-state index contributed by atoms with van der Waals surface area (Å²) in [5, 5.41) is 10.1. The third-order valence-electron chi connectivity index (χ3n) is 6.90. The SMILES string of the molecule is C[n+]1ccn(CCCNc2ccc(N=C3C=C(Nc4ccc(NCCCn5cc[n+](C)c5)cc4)C(=O)C=C3N)cc2)c1.[Cl-].[Cl-]. The first-order chi connectivity index (χ1) is 20.4. The van der Waals surface area contributed by atoms with E-state index in [4.69, 9.17) is 10.7 Å². The lowest BCUT2D eigenvalue weighted by molar-refractivity contribution is -0.671. The number of anilines is 3. The van der Waals surface area contributed by atoms with E-state index in [1.807, 2.05) is 84.2 Å². The average Bonchev–Trinajstić information content (AvgIpc) is 3.60. The van der Waals surface area contributed by atoms with Crippen molar-refractivity contribution in [1.82, 2.24) is 9.13 Å². The molecule has 2 heterocycles. The molecule has 0 fully saturated rings. The number of carbonyl (C=O) groups excluding carboxylic acids is 1. The minimum Gasteiger partial charge on any atom is -1.00 e. The molecule has 2 aromatic carbocycles. The van der Waals surface area contributed by atoms with Gasteiger partial charge < -0.3 is 46.5 Å². The summed E-state index contributed by atoms with van der Waals surface area (Å²) >= 11 is 0. The number of rotatable bonds is 13. The van der Waals surface area contributed by atoms with Crippen LogP contribution in [0.1, 0.15) is 12.8 Å². The molecule has 10 nitrogen and oxygen atoms in total. The molecular weight excluding hydrogens is 597 g/mol. The molecule has 0 amide bonds. The lowest BCUT2D eigenvalue weighted by atomic mass is 10.1. The Bertz CT molecular complexity index is 1600. The van der Waals surface area contributed by atoms with Gasteiger partial charge in [0, 0.05) is 49.1 Å². The fraction of sp³-hybridized carbons (Fsp3) is 0.250. The lowest BCUT2D eigenvalue weighted by Gasteiger charge is -2.15. The lowest BCUT2D eigenvalue weighted by Crippen LogP contribution is -3.00. The van der Waals surface area contributed by atoms with E-state index in [1.165, 1.54) is 6.08 Å². The van der Waals surface area contributed by atoms with Crippen molar-refractivity contribution in [2.45, 2.75) is 25.9 Å². The first kappa shape index (κ1) is 34.0. The van der Waals surface area contributed by atoms with Crippen LogP contribution in [0, 0.1) is 0 Å². The maximum absolute atomic E-state index is 12.7. The van der Waals surface area contributed by atoms with Gasteiger partial charge >= 0.3 is 0 Å². The van der Waals surface area contributed by atoms with Crippen LogP contribution in [0.2, 0.25) is 0 Å². The van der Waals surface area contributed by atoms with Crippen molar-refractivity contribution in [3.8, 4) is 0 Å². The Hall–Kier alpha value is -4.54. The molecule has 0 saturated heterocycles. The third kappa shape index (κ3) is 9.75. The Morgan fingerprint density at radius 1 is 0.750 bits per heavy atom. The van der Waals surface area contributed by atoms with Gasteiger partial charge in [0.1, 0.15) is 24.8 Å². The largest absolute Gasteiger partial charge is 1.00 e. The summed E-state index contributed by atoms with van der Waals surface area (Å²) in [5.41, 5.74) is 11.1. The predicted molar refractivity (Wildman–Crippen MR) is 166 cm³/mol. The molecule has 5 rings (SSSR count). The number of carbonyl (C=O) groups is 1. The number of imidazole rings is 2. The number of hydrogen-bond donors (Lipinski definition) is 4. The number of aliphatic imine (C=N–C) groups is 1. The van der Waals surface area contributed by atoms with Crippen molar-refractivity contribution in [2.24, 2.45) is 24.8 Å². The summed E-state index contributed by atoms with van der Waals surface area (Å²) in [7, 11) is 4.04. The highest BCUT2D eigenvalue weighted by Gasteiger charge is 2.17. The van der Waals surface area contributed by atoms with E-state index in [-0.39, 0.29) is 30.6 Å². The number of aryl methyl sites for hydroxylation is 4. The highest BCUT2D eigenvalue weighted by Crippen LogP contribution is 2.21. The van der Waals surface area contributed by atoms with Crippen LogP contribution >= 0.6 is 0 Å². The summed E-state index contributed by atoms with van der Waals surface area (Å²) in [6.07, 6.45) is 17.5. The first-order valence-corrected chi connectivity index (χ1v) is 14.2. The predicted octanol–water partition coefficient (Wildman–Crippen LogP) is -2.56.